The number of nitrogens with one attached hydrogen (secondary N) is 1. The lowest BCUT2D eigenvalue weighted by Crippen LogP contribution is -2.46. The predicted molar refractivity (Wildman–Crippen MR) is 100 cm³/mol. The fourth-order valence-electron chi connectivity index (χ4n) is 2.87. The maximum atomic E-state index is 12.5. The Morgan fingerprint density at radius 2 is 1.92 bits per heavy atom. The molecule has 0 atom stereocenters. The van der Waals surface area contributed by atoms with Gasteiger partial charge in [-0.15, -0.1) is 0 Å². The molecule has 7 nitrogen and oxygen atoms in total. The molecule has 26 heavy (non-hydrogen) atoms. The van der Waals surface area contributed by atoms with E-state index in [0.717, 1.165) is 6.42 Å². The van der Waals surface area contributed by atoms with Gasteiger partial charge in [0.1, 0.15) is 0 Å². The third-order valence-corrected chi connectivity index (χ3v) is 6.32. The van der Waals surface area contributed by atoms with Gasteiger partial charge in [-0.2, -0.15) is 0 Å². The molecule has 1 heterocycles. The SMILES string of the molecule is CCCOc1ccc(C(=O)NC2CCN(S(=O)(=O)CC)CC2)cc1OC. The first-order chi connectivity index (χ1) is 12.4. The van der Waals surface area contributed by atoms with E-state index >= 15 is 0 Å². The molecule has 8 heteroatoms. The van der Waals surface area contributed by atoms with Crippen LogP contribution in [0.4, 0.5) is 0 Å². The second-order valence-electron chi connectivity index (χ2n) is 6.26. The van der Waals surface area contributed by atoms with Crippen LogP contribution < -0.4 is 14.8 Å². The maximum Gasteiger partial charge on any atom is 0.251 e. The predicted octanol–water partition coefficient (Wildman–Crippen LogP) is 2.03. The third-order valence-electron chi connectivity index (χ3n) is 4.43. The van der Waals surface area contributed by atoms with E-state index in [-0.39, 0.29) is 17.7 Å². The highest BCUT2D eigenvalue weighted by molar-refractivity contribution is 7.89. The summed E-state index contributed by atoms with van der Waals surface area (Å²) in [5, 5.41) is 2.98. The summed E-state index contributed by atoms with van der Waals surface area (Å²) in [6.07, 6.45) is 2.11. The number of sulfonamides is 1. The Bertz CT molecular complexity index is 712. The summed E-state index contributed by atoms with van der Waals surface area (Å²) in [7, 11) is -1.62. The van der Waals surface area contributed by atoms with Gasteiger partial charge in [0.05, 0.1) is 19.5 Å². The Morgan fingerprint density at radius 1 is 1.23 bits per heavy atom. The molecule has 1 aliphatic rings. The van der Waals surface area contributed by atoms with E-state index in [9.17, 15) is 13.2 Å². The number of piperidine rings is 1. The van der Waals surface area contributed by atoms with Crippen molar-refractivity contribution in [3.8, 4) is 11.5 Å². The molecule has 146 valence electrons. The molecule has 0 aromatic heterocycles. The zero-order valence-corrected chi connectivity index (χ0v) is 16.5. The standard InChI is InChI=1S/C18H28N2O5S/c1-4-12-25-16-7-6-14(13-17(16)24-3)18(21)19-15-8-10-20(11-9-15)26(22,23)5-2/h6-7,13,15H,4-5,8-12H2,1-3H3,(H,19,21). The molecular formula is C18H28N2O5S. The minimum Gasteiger partial charge on any atom is -0.493 e. The van der Waals surface area contributed by atoms with Gasteiger partial charge < -0.3 is 14.8 Å². The van der Waals surface area contributed by atoms with E-state index in [1.54, 1.807) is 32.2 Å². The van der Waals surface area contributed by atoms with Gasteiger partial charge in [-0.3, -0.25) is 4.79 Å². The summed E-state index contributed by atoms with van der Waals surface area (Å²) in [5.74, 6) is 1.05. The minimum absolute atomic E-state index is 0.0344. The second-order valence-corrected chi connectivity index (χ2v) is 8.52. The lowest BCUT2D eigenvalue weighted by Gasteiger charge is -2.31. The second kappa shape index (κ2) is 9.23. The van der Waals surface area contributed by atoms with E-state index < -0.39 is 10.0 Å². The molecule has 1 N–H and O–H groups in total. The quantitative estimate of drug-likeness (QED) is 0.741. The maximum absolute atomic E-state index is 12.5. The topological polar surface area (TPSA) is 84.9 Å². The van der Waals surface area contributed by atoms with E-state index in [0.29, 0.717) is 49.6 Å². The number of nitrogens with zero attached hydrogens (tertiary/aromatic N) is 1. The van der Waals surface area contributed by atoms with Crippen LogP contribution in [0.2, 0.25) is 0 Å². The monoisotopic (exact) mass is 384 g/mol. The molecule has 1 aliphatic heterocycles. The number of benzene rings is 1. The van der Waals surface area contributed by atoms with Crippen LogP contribution in [0.25, 0.3) is 0 Å². The van der Waals surface area contributed by atoms with E-state index in [1.165, 1.54) is 4.31 Å². The molecule has 1 fully saturated rings. The Kier molecular flexibility index (Phi) is 7.28. The largest absolute Gasteiger partial charge is 0.493 e. The van der Waals surface area contributed by atoms with Crippen molar-refractivity contribution in [3.05, 3.63) is 23.8 Å². The van der Waals surface area contributed by atoms with Gasteiger partial charge in [0, 0.05) is 24.7 Å². The molecule has 0 spiro atoms. The highest BCUT2D eigenvalue weighted by Gasteiger charge is 2.27. The van der Waals surface area contributed by atoms with Crippen LogP contribution in [0.1, 0.15) is 43.5 Å². The molecule has 0 radical (unpaired) electrons. The van der Waals surface area contributed by atoms with Gasteiger partial charge >= 0.3 is 0 Å². The molecule has 0 bridgehead atoms. The molecular weight excluding hydrogens is 356 g/mol. The number of carbonyl (C=O) groups is 1. The fraction of sp³-hybridized carbons (Fsp3) is 0.611. The molecule has 1 saturated heterocycles. The zero-order valence-electron chi connectivity index (χ0n) is 15.7. The van der Waals surface area contributed by atoms with E-state index in [4.69, 9.17) is 9.47 Å². The van der Waals surface area contributed by atoms with Gasteiger partial charge in [-0.05, 0) is 44.4 Å². The molecule has 1 aromatic rings. The Balaban J connectivity index is 1.96. The van der Waals surface area contributed by atoms with Crippen molar-refractivity contribution in [3.63, 3.8) is 0 Å². The first kappa shape index (κ1) is 20.5. The Hall–Kier alpha value is -1.80. The first-order valence-electron chi connectivity index (χ1n) is 9.00. The third kappa shape index (κ3) is 5.11. The number of carbonyl (C=O) groups excluding carboxylic acids is 1. The van der Waals surface area contributed by atoms with Gasteiger partial charge in [0.15, 0.2) is 11.5 Å². The van der Waals surface area contributed by atoms with Gasteiger partial charge in [0.2, 0.25) is 10.0 Å². The normalized spacial score (nSPS) is 16.3. The Morgan fingerprint density at radius 3 is 2.50 bits per heavy atom. The van der Waals surface area contributed by atoms with Gasteiger partial charge in [0.25, 0.3) is 5.91 Å². The molecule has 0 unspecified atom stereocenters. The minimum atomic E-state index is -3.16. The molecule has 0 saturated carbocycles. The van der Waals surface area contributed by atoms with Crippen LogP contribution in [0.5, 0.6) is 11.5 Å². The summed E-state index contributed by atoms with van der Waals surface area (Å²) < 4.78 is 36.2. The lowest BCUT2D eigenvalue weighted by molar-refractivity contribution is 0.0923. The number of hydrogen-bond donors (Lipinski definition) is 1. The van der Waals surface area contributed by atoms with E-state index in [1.807, 2.05) is 6.92 Å². The van der Waals surface area contributed by atoms with Crippen LogP contribution in [0.15, 0.2) is 18.2 Å². The number of methoxy groups -OCH3 is 1. The molecule has 1 aromatic carbocycles. The fourth-order valence-corrected chi connectivity index (χ4v) is 4.00. The van der Waals surface area contributed by atoms with Crippen molar-refractivity contribution in [2.45, 2.75) is 39.2 Å². The van der Waals surface area contributed by atoms with Crippen molar-refractivity contribution in [2.24, 2.45) is 0 Å². The van der Waals surface area contributed by atoms with Crippen LogP contribution in [-0.2, 0) is 10.0 Å². The number of rotatable bonds is 8. The van der Waals surface area contributed by atoms with Crippen LogP contribution in [-0.4, -0.2) is 57.2 Å². The highest BCUT2D eigenvalue weighted by atomic mass is 32.2. The molecule has 2 rings (SSSR count). The highest BCUT2D eigenvalue weighted by Crippen LogP contribution is 2.28. The summed E-state index contributed by atoms with van der Waals surface area (Å²) in [4.78, 5) is 12.5. The number of hydrogen-bond acceptors (Lipinski definition) is 5. The van der Waals surface area contributed by atoms with Crippen LogP contribution in [0.3, 0.4) is 0 Å². The lowest BCUT2D eigenvalue weighted by atomic mass is 10.1. The summed E-state index contributed by atoms with van der Waals surface area (Å²) >= 11 is 0. The van der Waals surface area contributed by atoms with E-state index in [2.05, 4.69) is 5.32 Å². The van der Waals surface area contributed by atoms with Gasteiger partial charge in [-0.1, -0.05) is 6.92 Å². The average molecular weight is 384 g/mol. The van der Waals surface area contributed by atoms with Crippen molar-refractivity contribution in [2.75, 3.05) is 32.6 Å². The number of amides is 1. The molecule has 1 amide bonds. The zero-order chi connectivity index (χ0) is 19.2. The number of ether oxygens (including phenoxy) is 2. The summed E-state index contributed by atoms with van der Waals surface area (Å²) in [6.45, 7) is 5.12. The van der Waals surface area contributed by atoms with Crippen molar-refractivity contribution >= 4 is 15.9 Å². The van der Waals surface area contributed by atoms with Gasteiger partial charge in [-0.25, -0.2) is 12.7 Å². The van der Waals surface area contributed by atoms with Crippen LogP contribution in [0, 0.1) is 0 Å². The first-order valence-corrected chi connectivity index (χ1v) is 10.6. The summed E-state index contributed by atoms with van der Waals surface area (Å²) in [6, 6.07) is 5.07. The summed E-state index contributed by atoms with van der Waals surface area (Å²) in [5.41, 5.74) is 0.495. The van der Waals surface area contributed by atoms with Crippen molar-refractivity contribution in [1.82, 2.24) is 9.62 Å². The Labute approximate surface area is 155 Å². The molecule has 0 aliphatic carbocycles. The van der Waals surface area contributed by atoms with Crippen LogP contribution >= 0.6 is 0 Å². The van der Waals surface area contributed by atoms with Crippen molar-refractivity contribution < 1.29 is 22.7 Å². The smallest absolute Gasteiger partial charge is 0.251 e. The van der Waals surface area contributed by atoms with Crippen molar-refractivity contribution in [1.29, 1.82) is 0 Å². The average Bonchev–Trinajstić information content (AvgIpc) is 2.66.